The predicted octanol–water partition coefficient (Wildman–Crippen LogP) is 2.73. The van der Waals surface area contributed by atoms with Gasteiger partial charge in [-0.25, -0.2) is 0 Å². The van der Waals surface area contributed by atoms with E-state index in [2.05, 4.69) is 11.7 Å². The molecule has 0 saturated heterocycles. The summed E-state index contributed by atoms with van der Waals surface area (Å²) in [7, 11) is 0. The van der Waals surface area contributed by atoms with Gasteiger partial charge in [0, 0.05) is 6.20 Å². The van der Waals surface area contributed by atoms with E-state index in [1.807, 2.05) is 13.0 Å². The van der Waals surface area contributed by atoms with E-state index in [9.17, 15) is 0 Å². The van der Waals surface area contributed by atoms with Gasteiger partial charge in [0.1, 0.15) is 0 Å². The maximum absolute atomic E-state index is 5.60. The predicted molar refractivity (Wildman–Crippen MR) is 42.9 cm³/mol. The van der Waals surface area contributed by atoms with Crippen molar-refractivity contribution in [3.05, 3.63) is 23.4 Å². The van der Waals surface area contributed by atoms with Crippen LogP contribution < -0.4 is 0 Å². The lowest BCUT2D eigenvalue weighted by atomic mass is 10.4. The maximum atomic E-state index is 5.60. The summed E-state index contributed by atoms with van der Waals surface area (Å²) in [6.07, 6.45) is 6.26. The third-order valence-corrected chi connectivity index (χ3v) is 0.951. The first kappa shape index (κ1) is 8.44. The quantitative estimate of drug-likeness (QED) is 0.426. The Morgan fingerprint density at radius 1 is 1.78 bits per heavy atom. The maximum Gasteiger partial charge on any atom is 0.0585 e. The van der Waals surface area contributed by atoms with E-state index in [1.54, 1.807) is 6.08 Å². The van der Waals surface area contributed by atoms with Crippen LogP contribution in [0.4, 0.5) is 0 Å². The molecule has 0 aromatic rings. The average molecular weight is 144 g/mol. The fourth-order valence-corrected chi connectivity index (χ4v) is 0.519. The molecular formula is C7H10ClN. The van der Waals surface area contributed by atoms with Gasteiger partial charge in [0.25, 0.3) is 0 Å². The lowest BCUT2D eigenvalue weighted by Gasteiger charge is -1.81. The minimum Gasteiger partial charge on any atom is -0.271 e. The summed E-state index contributed by atoms with van der Waals surface area (Å²) in [6.45, 7) is 5.31. The minimum atomic E-state index is 0.617. The van der Waals surface area contributed by atoms with Crippen LogP contribution in [0.15, 0.2) is 28.4 Å². The molecule has 1 nitrogen and oxygen atoms in total. The molecule has 0 spiro atoms. The standard InChI is InChI=1S/C7H10ClN/c1-3-4-5-7(8)6-9-2/h4-6H,2-3H2,1H3/b5-4-,7-6+. The Bertz CT molecular complexity index is 136. The molecule has 0 heterocycles. The van der Waals surface area contributed by atoms with Crippen molar-refractivity contribution >= 4 is 18.3 Å². The Kier molecular flexibility index (Phi) is 5.23. The van der Waals surface area contributed by atoms with Gasteiger partial charge in [0.2, 0.25) is 0 Å². The molecule has 0 aliphatic rings. The van der Waals surface area contributed by atoms with Gasteiger partial charge in [-0.2, -0.15) is 0 Å². The molecule has 0 radical (unpaired) electrons. The van der Waals surface area contributed by atoms with Gasteiger partial charge in [0.05, 0.1) is 5.03 Å². The highest BCUT2D eigenvalue weighted by atomic mass is 35.5. The first-order chi connectivity index (χ1) is 4.31. The highest BCUT2D eigenvalue weighted by Crippen LogP contribution is 2.02. The number of hydrogen-bond acceptors (Lipinski definition) is 1. The Balaban J connectivity index is 3.74. The second kappa shape index (κ2) is 5.57. The topological polar surface area (TPSA) is 12.4 Å². The summed E-state index contributed by atoms with van der Waals surface area (Å²) in [5.74, 6) is 0. The van der Waals surface area contributed by atoms with Crippen molar-refractivity contribution < 1.29 is 0 Å². The fourth-order valence-electron chi connectivity index (χ4n) is 0.361. The second-order valence-electron chi connectivity index (χ2n) is 1.51. The Labute approximate surface area is 60.7 Å². The highest BCUT2D eigenvalue weighted by molar-refractivity contribution is 6.31. The summed E-state index contributed by atoms with van der Waals surface area (Å²) in [6, 6.07) is 0. The van der Waals surface area contributed by atoms with Crippen LogP contribution >= 0.6 is 11.6 Å². The number of allylic oxidation sites excluding steroid dienone is 3. The van der Waals surface area contributed by atoms with Crippen LogP contribution in [-0.4, -0.2) is 6.72 Å². The molecule has 0 unspecified atom stereocenters. The molecule has 2 heteroatoms. The molecule has 0 atom stereocenters. The van der Waals surface area contributed by atoms with E-state index in [4.69, 9.17) is 11.6 Å². The molecule has 0 N–H and O–H groups in total. The van der Waals surface area contributed by atoms with E-state index in [-0.39, 0.29) is 0 Å². The molecular weight excluding hydrogens is 134 g/mol. The van der Waals surface area contributed by atoms with Gasteiger partial charge in [-0.15, -0.1) is 0 Å². The van der Waals surface area contributed by atoms with Crippen molar-refractivity contribution in [3.8, 4) is 0 Å². The highest BCUT2D eigenvalue weighted by Gasteiger charge is 1.78. The third-order valence-electron chi connectivity index (χ3n) is 0.727. The van der Waals surface area contributed by atoms with Gasteiger partial charge in [-0.05, 0) is 19.2 Å². The molecule has 0 saturated carbocycles. The average Bonchev–Trinajstić information content (AvgIpc) is 1.85. The lowest BCUT2D eigenvalue weighted by molar-refractivity contribution is 1.22. The van der Waals surface area contributed by atoms with Crippen LogP contribution in [0.25, 0.3) is 0 Å². The summed E-state index contributed by atoms with van der Waals surface area (Å²) in [5.41, 5.74) is 0. The zero-order valence-electron chi connectivity index (χ0n) is 5.47. The van der Waals surface area contributed by atoms with Crippen LogP contribution in [0, 0.1) is 0 Å². The lowest BCUT2D eigenvalue weighted by Crippen LogP contribution is -1.60. The molecule has 0 amide bonds. The number of aliphatic imine (C=N–C) groups is 1. The Hall–Kier alpha value is -0.560. The van der Waals surface area contributed by atoms with Crippen molar-refractivity contribution in [3.63, 3.8) is 0 Å². The number of hydrogen-bond donors (Lipinski definition) is 0. The van der Waals surface area contributed by atoms with Crippen molar-refractivity contribution in [1.82, 2.24) is 0 Å². The zero-order chi connectivity index (χ0) is 7.11. The molecule has 0 aliphatic carbocycles. The molecule has 9 heavy (non-hydrogen) atoms. The monoisotopic (exact) mass is 143 g/mol. The summed E-state index contributed by atoms with van der Waals surface area (Å²) in [5, 5.41) is 0.617. The third kappa shape index (κ3) is 5.31. The van der Waals surface area contributed by atoms with Crippen LogP contribution in [0.3, 0.4) is 0 Å². The number of halogens is 1. The number of rotatable bonds is 3. The van der Waals surface area contributed by atoms with Gasteiger partial charge in [0.15, 0.2) is 0 Å². The molecule has 0 bridgehead atoms. The molecule has 0 aromatic heterocycles. The summed E-state index contributed by atoms with van der Waals surface area (Å²) >= 11 is 5.60. The van der Waals surface area contributed by atoms with Crippen LogP contribution in [0.2, 0.25) is 0 Å². The molecule has 0 fully saturated rings. The van der Waals surface area contributed by atoms with E-state index in [0.29, 0.717) is 5.03 Å². The number of nitrogens with zero attached hydrogens (tertiary/aromatic N) is 1. The van der Waals surface area contributed by atoms with Gasteiger partial charge >= 0.3 is 0 Å². The van der Waals surface area contributed by atoms with Crippen molar-refractivity contribution in [2.45, 2.75) is 13.3 Å². The van der Waals surface area contributed by atoms with Gasteiger partial charge < -0.3 is 0 Å². The van der Waals surface area contributed by atoms with E-state index in [0.717, 1.165) is 6.42 Å². The van der Waals surface area contributed by atoms with E-state index >= 15 is 0 Å². The zero-order valence-corrected chi connectivity index (χ0v) is 6.23. The first-order valence-corrected chi connectivity index (χ1v) is 3.17. The van der Waals surface area contributed by atoms with Gasteiger partial charge in [-0.3, -0.25) is 4.99 Å². The first-order valence-electron chi connectivity index (χ1n) is 2.79. The minimum absolute atomic E-state index is 0.617. The Morgan fingerprint density at radius 2 is 2.44 bits per heavy atom. The summed E-state index contributed by atoms with van der Waals surface area (Å²) < 4.78 is 0. The smallest absolute Gasteiger partial charge is 0.0585 e. The molecule has 0 rings (SSSR count). The molecule has 0 aliphatic heterocycles. The van der Waals surface area contributed by atoms with Crippen molar-refractivity contribution in [2.75, 3.05) is 0 Å². The van der Waals surface area contributed by atoms with Crippen molar-refractivity contribution in [1.29, 1.82) is 0 Å². The Morgan fingerprint density at radius 3 is 2.89 bits per heavy atom. The molecule has 0 aromatic carbocycles. The van der Waals surface area contributed by atoms with E-state index < -0.39 is 0 Å². The SMILES string of the molecule is C=N/C=C(Cl)\C=C/CC. The molecule has 50 valence electrons. The van der Waals surface area contributed by atoms with Gasteiger partial charge in [-0.1, -0.05) is 24.6 Å². The van der Waals surface area contributed by atoms with Crippen LogP contribution in [-0.2, 0) is 0 Å². The second-order valence-corrected chi connectivity index (χ2v) is 1.94. The van der Waals surface area contributed by atoms with E-state index in [1.165, 1.54) is 6.20 Å². The van der Waals surface area contributed by atoms with Crippen LogP contribution in [0.1, 0.15) is 13.3 Å². The van der Waals surface area contributed by atoms with Crippen molar-refractivity contribution in [2.24, 2.45) is 4.99 Å². The normalized spacial score (nSPS) is 12.4. The van der Waals surface area contributed by atoms with Crippen LogP contribution in [0.5, 0.6) is 0 Å². The summed E-state index contributed by atoms with van der Waals surface area (Å²) in [4.78, 5) is 3.49. The fraction of sp³-hybridized carbons (Fsp3) is 0.286. The largest absolute Gasteiger partial charge is 0.271 e.